The zero-order chi connectivity index (χ0) is 31.6. The van der Waals surface area contributed by atoms with Gasteiger partial charge in [-0.05, 0) is 51.1 Å². The van der Waals surface area contributed by atoms with Crippen molar-refractivity contribution in [3.05, 3.63) is 86.5 Å². The Morgan fingerprint density at radius 3 is 0.881 bits per heavy atom. The summed E-state index contributed by atoms with van der Waals surface area (Å²) < 4.78 is 102. The average Bonchev–Trinajstić information content (AvgIpc) is 2.82. The number of aromatic hydroxyl groups is 3. The van der Waals surface area contributed by atoms with Crippen molar-refractivity contribution in [2.24, 2.45) is 0 Å². The van der Waals surface area contributed by atoms with Gasteiger partial charge in [0.1, 0.15) is 17.2 Å². The number of phenolic OH excluding ortho intramolecular Hbond substituents is 1. The van der Waals surface area contributed by atoms with Crippen molar-refractivity contribution in [1.82, 2.24) is 0 Å². The van der Waals surface area contributed by atoms with Crippen molar-refractivity contribution in [3.63, 3.8) is 0 Å². The Kier molecular flexibility index (Phi) is 9.90. The van der Waals surface area contributed by atoms with Gasteiger partial charge in [0.15, 0.2) is 0 Å². The van der Waals surface area contributed by atoms with E-state index in [0.717, 1.165) is 36.4 Å². The van der Waals surface area contributed by atoms with Gasteiger partial charge in [0.2, 0.25) is 0 Å². The third kappa shape index (κ3) is 9.10. The molecule has 5 N–H and O–H groups in total. The standard InChI is InChI=1S/C25H28O14S3/c26-9-21-5-15(12-41(34,35)36)3-19(24(21)29)7-17-1-14(11-40(31,32)33)2-18(23(17)28)8-20-4-16(13-42(37,38)39)6-22(10-27)25(20)30/h1-6,26-30H,7-13H2,(H,31,32,33)(H,34,35,36)(H,37,38,39)/p-3. The third-order valence-electron chi connectivity index (χ3n) is 6.12. The Morgan fingerprint density at radius 1 is 0.452 bits per heavy atom. The summed E-state index contributed by atoms with van der Waals surface area (Å²) in [7, 11) is -14.4. The van der Waals surface area contributed by atoms with Crippen molar-refractivity contribution >= 4 is 30.4 Å². The van der Waals surface area contributed by atoms with Crippen LogP contribution in [0.15, 0.2) is 36.4 Å². The topological polar surface area (TPSA) is 273 Å². The lowest BCUT2D eigenvalue weighted by molar-refractivity contribution is 0.274. The minimum atomic E-state index is -4.86. The van der Waals surface area contributed by atoms with Gasteiger partial charge in [-0.3, -0.25) is 0 Å². The number of hydrogen-bond acceptors (Lipinski definition) is 14. The number of rotatable bonds is 12. The molecule has 0 saturated carbocycles. The molecule has 0 radical (unpaired) electrons. The van der Waals surface area contributed by atoms with Crippen LogP contribution >= 0.6 is 0 Å². The number of aliphatic hydroxyl groups excluding tert-OH is 2. The highest BCUT2D eigenvalue weighted by atomic mass is 32.2. The zero-order valence-corrected chi connectivity index (χ0v) is 24.0. The highest BCUT2D eigenvalue weighted by Crippen LogP contribution is 2.36. The summed E-state index contributed by atoms with van der Waals surface area (Å²) in [4.78, 5) is 0. The van der Waals surface area contributed by atoms with E-state index in [0.29, 0.717) is 0 Å². The first kappa shape index (κ1) is 33.2. The summed E-state index contributed by atoms with van der Waals surface area (Å²) in [6.45, 7) is -1.50. The number of phenols is 3. The number of hydrogen-bond donors (Lipinski definition) is 5. The highest BCUT2D eigenvalue weighted by Gasteiger charge is 2.19. The monoisotopic (exact) mass is 645 g/mol. The van der Waals surface area contributed by atoms with Crippen LogP contribution in [-0.4, -0.2) is 64.4 Å². The Labute approximate surface area is 241 Å². The van der Waals surface area contributed by atoms with Crippen molar-refractivity contribution in [2.45, 2.75) is 43.3 Å². The minimum Gasteiger partial charge on any atom is -0.748 e. The van der Waals surface area contributed by atoms with E-state index in [4.69, 9.17) is 0 Å². The second-order valence-corrected chi connectivity index (χ2v) is 13.8. The molecule has 0 fully saturated rings. The van der Waals surface area contributed by atoms with Crippen LogP contribution in [-0.2, 0) is 73.7 Å². The molecule has 14 nitrogen and oxygen atoms in total. The van der Waals surface area contributed by atoms with E-state index in [1.54, 1.807) is 0 Å². The molecule has 0 aromatic heterocycles. The maximum atomic E-state index is 11.5. The maximum absolute atomic E-state index is 11.5. The molecule has 0 bridgehead atoms. The van der Waals surface area contributed by atoms with Gasteiger partial charge in [-0.25, -0.2) is 25.3 Å². The Morgan fingerprint density at radius 2 is 0.667 bits per heavy atom. The third-order valence-corrected chi connectivity index (χ3v) is 8.18. The van der Waals surface area contributed by atoms with Gasteiger partial charge in [0, 0.05) is 24.0 Å². The number of aliphatic hydroxyl groups is 2. The van der Waals surface area contributed by atoms with Crippen LogP contribution in [0.2, 0.25) is 0 Å². The predicted octanol–water partition coefficient (Wildman–Crippen LogP) is 0.105. The van der Waals surface area contributed by atoms with Crippen LogP contribution in [0, 0.1) is 0 Å². The van der Waals surface area contributed by atoms with Crippen molar-refractivity contribution in [1.29, 1.82) is 0 Å². The highest BCUT2D eigenvalue weighted by molar-refractivity contribution is 7.85. The molecular weight excluding hydrogens is 620 g/mol. The van der Waals surface area contributed by atoms with Crippen LogP contribution < -0.4 is 0 Å². The van der Waals surface area contributed by atoms with Crippen molar-refractivity contribution in [2.75, 3.05) is 0 Å². The zero-order valence-electron chi connectivity index (χ0n) is 21.5. The first-order valence-corrected chi connectivity index (χ1v) is 16.5. The molecule has 42 heavy (non-hydrogen) atoms. The van der Waals surface area contributed by atoms with Gasteiger partial charge in [-0.15, -0.1) is 0 Å². The fourth-order valence-corrected chi connectivity index (χ4v) is 6.27. The smallest absolute Gasteiger partial charge is 0.124 e. The summed E-state index contributed by atoms with van der Waals surface area (Å²) in [6, 6.07) is 6.71. The summed E-state index contributed by atoms with van der Waals surface area (Å²) in [5, 5.41) is 51.5. The summed E-state index contributed by atoms with van der Waals surface area (Å²) in [6.07, 6.45) is -0.834. The van der Waals surface area contributed by atoms with E-state index in [1.807, 2.05) is 0 Å². The van der Waals surface area contributed by atoms with Gasteiger partial charge in [0.05, 0.1) is 60.8 Å². The fraction of sp³-hybridized carbons (Fsp3) is 0.280. The van der Waals surface area contributed by atoms with Gasteiger partial charge < -0.3 is 39.2 Å². The quantitative estimate of drug-likeness (QED) is 0.164. The lowest BCUT2D eigenvalue weighted by atomic mass is 9.92. The second kappa shape index (κ2) is 12.5. The van der Waals surface area contributed by atoms with Crippen molar-refractivity contribution in [3.8, 4) is 17.2 Å². The van der Waals surface area contributed by atoms with E-state index in [1.165, 1.54) is 0 Å². The molecule has 3 rings (SSSR count). The lowest BCUT2D eigenvalue weighted by Gasteiger charge is -2.18. The van der Waals surface area contributed by atoms with E-state index in [-0.39, 0.29) is 50.1 Å². The molecule has 0 aliphatic carbocycles. The molecular formula is C25H25O14S3-3. The summed E-state index contributed by atoms with van der Waals surface area (Å²) in [5.41, 5.74) is -0.925. The molecule has 17 heteroatoms. The Hall–Kier alpha value is -3.29. The molecule has 3 aromatic carbocycles. The molecule has 3 aromatic rings. The average molecular weight is 646 g/mol. The van der Waals surface area contributed by atoms with Crippen molar-refractivity contribution < 1.29 is 64.4 Å². The molecule has 0 heterocycles. The number of benzene rings is 3. The van der Waals surface area contributed by atoms with E-state index in [9.17, 15) is 64.4 Å². The van der Waals surface area contributed by atoms with Gasteiger partial charge in [-0.1, -0.05) is 24.3 Å². The maximum Gasteiger partial charge on any atom is 0.124 e. The largest absolute Gasteiger partial charge is 0.748 e. The van der Waals surface area contributed by atoms with Gasteiger partial charge >= 0.3 is 0 Å². The summed E-state index contributed by atoms with van der Waals surface area (Å²) in [5.74, 6) is -4.56. The van der Waals surface area contributed by atoms with Crippen LogP contribution in [0.5, 0.6) is 17.2 Å². The molecule has 0 aliphatic rings. The van der Waals surface area contributed by atoms with Gasteiger partial charge in [0.25, 0.3) is 0 Å². The first-order valence-electron chi connectivity index (χ1n) is 11.8. The molecule has 0 spiro atoms. The lowest BCUT2D eigenvalue weighted by Crippen LogP contribution is -2.07. The van der Waals surface area contributed by atoms with E-state index >= 15 is 0 Å². The van der Waals surface area contributed by atoms with E-state index < -0.39 is 90.9 Å². The Bertz CT molecular complexity index is 1720. The van der Waals surface area contributed by atoms with Crippen LogP contribution in [0.4, 0.5) is 0 Å². The molecule has 0 atom stereocenters. The predicted molar refractivity (Wildman–Crippen MR) is 142 cm³/mol. The van der Waals surface area contributed by atoms with Crippen LogP contribution in [0.1, 0.15) is 50.1 Å². The van der Waals surface area contributed by atoms with E-state index in [2.05, 4.69) is 0 Å². The fourth-order valence-electron chi connectivity index (χ4n) is 4.55. The summed E-state index contributed by atoms with van der Waals surface area (Å²) >= 11 is 0. The molecule has 0 aliphatic heterocycles. The second-order valence-electron chi connectivity index (χ2n) is 9.56. The molecule has 0 saturated heterocycles. The molecule has 230 valence electrons. The van der Waals surface area contributed by atoms with Gasteiger partial charge in [-0.2, -0.15) is 0 Å². The molecule has 0 unspecified atom stereocenters. The minimum absolute atomic E-state index is 0.0726. The first-order chi connectivity index (χ1) is 19.3. The van der Waals surface area contributed by atoms with Crippen LogP contribution in [0.3, 0.4) is 0 Å². The van der Waals surface area contributed by atoms with Crippen LogP contribution in [0.25, 0.3) is 0 Å². The molecule has 0 amide bonds. The Balaban J connectivity index is 2.18. The SMILES string of the molecule is O=S(=O)([O-])Cc1cc(CO)c(O)c(Cc2cc(CS(=O)(=O)[O-])cc(Cc3cc(CS(=O)(=O)[O-])cc(CO)c3O)c2O)c1. The normalized spacial score (nSPS) is 12.5.